The van der Waals surface area contributed by atoms with Crippen molar-refractivity contribution in [1.82, 2.24) is 10.3 Å². The maximum absolute atomic E-state index is 12.2. The molecule has 1 heterocycles. The van der Waals surface area contributed by atoms with E-state index >= 15 is 0 Å². The number of benzene rings is 1. The predicted molar refractivity (Wildman–Crippen MR) is 80.9 cm³/mol. The Morgan fingerprint density at radius 1 is 1.19 bits per heavy atom. The van der Waals surface area contributed by atoms with Crippen molar-refractivity contribution in [2.45, 2.75) is 19.9 Å². The number of aromatic nitrogens is 1. The van der Waals surface area contributed by atoms with Crippen LogP contribution < -0.4 is 10.6 Å². The SMILES string of the molecule is CC(=O)Nc1cccc(C(=O)NC(C)c2cccnc2)c1. The minimum Gasteiger partial charge on any atom is -0.345 e. The van der Waals surface area contributed by atoms with Gasteiger partial charge in [0.1, 0.15) is 0 Å². The molecule has 1 aromatic heterocycles. The quantitative estimate of drug-likeness (QED) is 0.905. The van der Waals surface area contributed by atoms with Gasteiger partial charge >= 0.3 is 0 Å². The lowest BCUT2D eigenvalue weighted by molar-refractivity contribution is -0.114. The molecule has 2 amide bonds. The van der Waals surface area contributed by atoms with E-state index in [1.165, 1.54) is 6.92 Å². The van der Waals surface area contributed by atoms with Gasteiger partial charge in [0.15, 0.2) is 0 Å². The van der Waals surface area contributed by atoms with E-state index < -0.39 is 0 Å². The first-order valence-electron chi connectivity index (χ1n) is 6.64. The summed E-state index contributed by atoms with van der Waals surface area (Å²) >= 11 is 0. The summed E-state index contributed by atoms with van der Waals surface area (Å²) < 4.78 is 0. The number of carbonyl (C=O) groups is 2. The fourth-order valence-corrected chi connectivity index (χ4v) is 1.94. The largest absolute Gasteiger partial charge is 0.345 e. The highest BCUT2D eigenvalue weighted by Crippen LogP contribution is 2.14. The van der Waals surface area contributed by atoms with Crippen LogP contribution in [0.15, 0.2) is 48.8 Å². The molecule has 1 aromatic carbocycles. The van der Waals surface area contributed by atoms with Crippen LogP contribution in [0, 0.1) is 0 Å². The topological polar surface area (TPSA) is 71.1 Å². The van der Waals surface area contributed by atoms with Crippen molar-refractivity contribution in [3.8, 4) is 0 Å². The van der Waals surface area contributed by atoms with E-state index in [9.17, 15) is 9.59 Å². The molecule has 5 heteroatoms. The lowest BCUT2D eigenvalue weighted by Gasteiger charge is -2.14. The summed E-state index contributed by atoms with van der Waals surface area (Å²) in [6.45, 7) is 3.32. The Morgan fingerprint density at radius 2 is 2.00 bits per heavy atom. The number of hydrogen-bond acceptors (Lipinski definition) is 3. The third kappa shape index (κ3) is 4.14. The van der Waals surface area contributed by atoms with E-state index in [0.29, 0.717) is 11.3 Å². The molecule has 0 spiro atoms. The van der Waals surface area contributed by atoms with E-state index in [2.05, 4.69) is 15.6 Å². The molecule has 0 fully saturated rings. The zero-order valence-electron chi connectivity index (χ0n) is 12.0. The van der Waals surface area contributed by atoms with E-state index in [4.69, 9.17) is 0 Å². The molecule has 0 aliphatic rings. The standard InChI is InChI=1S/C16H17N3O2/c1-11(14-6-4-8-17-10-14)18-16(21)13-5-3-7-15(9-13)19-12(2)20/h3-11H,1-2H3,(H,18,21)(H,19,20). The van der Waals surface area contributed by atoms with Crippen molar-refractivity contribution in [1.29, 1.82) is 0 Å². The molecule has 2 aromatic rings. The third-order valence-corrected chi connectivity index (χ3v) is 2.98. The van der Waals surface area contributed by atoms with E-state index in [1.807, 2.05) is 19.1 Å². The fraction of sp³-hybridized carbons (Fsp3) is 0.188. The summed E-state index contributed by atoms with van der Waals surface area (Å²) in [4.78, 5) is 27.3. The Hall–Kier alpha value is -2.69. The van der Waals surface area contributed by atoms with E-state index in [1.54, 1.807) is 36.7 Å². The molecule has 5 nitrogen and oxygen atoms in total. The molecular weight excluding hydrogens is 266 g/mol. The average molecular weight is 283 g/mol. The summed E-state index contributed by atoms with van der Waals surface area (Å²) in [7, 11) is 0. The molecule has 0 saturated heterocycles. The number of nitrogens with zero attached hydrogens (tertiary/aromatic N) is 1. The molecular formula is C16H17N3O2. The van der Waals surface area contributed by atoms with Crippen molar-refractivity contribution in [2.75, 3.05) is 5.32 Å². The van der Waals surface area contributed by atoms with Crippen molar-refractivity contribution < 1.29 is 9.59 Å². The van der Waals surface area contributed by atoms with Crippen molar-refractivity contribution in [2.24, 2.45) is 0 Å². The minimum atomic E-state index is -0.196. The number of rotatable bonds is 4. The average Bonchev–Trinajstić information content (AvgIpc) is 2.47. The predicted octanol–water partition coefficient (Wildman–Crippen LogP) is 2.53. The van der Waals surface area contributed by atoms with Crippen LogP contribution in [-0.4, -0.2) is 16.8 Å². The van der Waals surface area contributed by atoms with E-state index in [-0.39, 0.29) is 17.9 Å². The molecule has 1 atom stereocenters. The first kappa shape index (κ1) is 14.7. The Morgan fingerprint density at radius 3 is 2.67 bits per heavy atom. The Bertz CT molecular complexity index is 641. The second-order valence-corrected chi connectivity index (χ2v) is 4.74. The fourth-order valence-electron chi connectivity index (χ4n) is 1.94. The highest BCUT2D eigenvalue weighted by Gasteiger charge is 2.12. The van der Waals surface area contributed by atoms with Crippen LogP contribution in [0.3, 0.4) is 0 Å². The van der Waals surface area contributed by atoms with Crippen LogP contribution in [0.1, 0.15) is 35.8 Å². The monoisotopic (exact) mass is 283 g/mol. The number of hydrogen-bond donors (Lipinski definition) is 2. The van der Waals surface area contributed by atoms with Gasteiger partial charge in [-0.15, -0.1) is 0 Å². The Balaban J connectivity index is 2.08. The summed E-state index contributed by atoms with van der Waals surface area (Å²) in [6, 6.07) is 10.4. The maximum atomic E-state index is 12.2. The van der Waals surface area contributed by atoms with Crippen LogP contribution in [0.4, 0.5) is 5.69 Å². The van der Waals surface area contributed by atoms with Crippen molar-refractivity contribution >= 4 is 17.5 Å². The van der Waals surface area contributed by atoms with Gasteiger partial charge in [-0.2, -0.15) is 0 Å². The minimum absolute atomic E-state index is 0.143. The van der Waals surface area contributed by atoms with Crippen molar-refractivity contribution in [3.05, 3.63) is 59.9 Å². The number of nitrogens with one attached hydrogen (secondary N) is 2. The molecule has 1 unspecified atom stereocenters. The van der Waals surface area contributed by atoms with Crippen LogP contribution in [0.25, 0.3) is 0 Å². The molecule has 2 rings (SSSR count). The van der Waals surface area contributed by atoms with Gasteiger partial charge in [0.25, 0.3) is 5.91 Å². The van der Waals surface area contributed by atoms with Crippen LogP contribution in [0.5, 0.6) is 0 Å². The second-order valence-electron chi connectivity index (χ2n) is 4.74. The summed E-state index contributed by atoms with van der Waals surface area (Å²) in [5.41, 5.74) is 2.03. The van der Waals surface area contributed by atoms with Gasteiger partial charge in [0, 0.05) is 30.6 Å². The van der Waals surface area contributed by atoms with Gasteiger partial charge in [-0.25, -0.2) is 0 Å². The number of pyridine rings is 1. The highest BCUT2D eigenvalue weighted by molar-refractivity contribution is 5.96. The number of amides is 2. The lowest BCUT2D eigenvalue weighted by Crippen LogP contribution is -2.26. The van der Waals surface area contributed by atoms with Crippen LogP contribution in [-0.2, 0) is 4.79 Å². The number of anilines is 1. The summed E-state index contributed by atoms with van der Waals surface area (Å²) in [6.07, 6.45) is 3.41. The van der Waals surface area contributed by atoms with Gasteiger partial charge in [0.2, 0.25) is 5.91 Å². The molecule has 0 aliphatic heterocycles. The van der Waals surface area contributed by atoms with Gasteiger partial charge < -0.3 is 10.6 Å². The summed E-state index contributed by atoms with van der Waals surface area (Å²) in [5.74, 6) is -0.366. The molecule has 0 aliphatic carbocycles. The molecule has 21 heavy (non-hydrogen) atoms. The molecule has 108 valence electrons. The first-order chi connectivity index (χ1) is 10.1. The first-order valence-corrected chi connectivity index (χ1v) is 6.64. The zero-order chi connectivity index (χ0) is 15.2. The van der Waals surface area contributed by atoms with E-state index in [0.717, 1.165) is 5.56 Å². The smallest absolute Gasteiger partial charge is 0.251 e. The van der Waals surface area contributed by atoms with Crippen LogP contribution in [0.2, 0.25) is 0 Å². The van der Waals surface area contributed by atoms with Gasteiger partial charge in [-0.1, -0.05) is 12.1 Å². The Labute approximate surface area is 123 Å². The normalized spacial score (nSPS) is 11.5. The third-order valence-electron chi connectivity index (χ3n) is 2.98. The summed E-state index contributed by atoms with van der Waals surface area (Å²) in [5, 5.41) is 5.56. The molecule has 0 bridgehead atoms. The second kappa shape index (κ2) is 6.65. The zero-order valence-corrected chi connectivity index (χ0v) is 12.0. The molecule has 2 N–H and O–H groups in total. The lowest BCUT2D eigenvalue weighted by atomic mass is 10.1. The molecule has 0 radical (unpaired) electrons. The molecule has 0 saturated carbocycles. The Kier molecular flexibility index (Phi) is 4.66. The van der Waals surface area contributed by atoms with Gasteiger partial charge in [-0.05, 0) is 36.8 Å². The highest BCUT2D eigenvalue weighted by atomic mass is 16.2. The maximum Gasteiger partial charge on any atom is 0.251 e. The van der Waals surface area contributed by atoms with Gasteiger partial charge in [0.05, 0.1) is 6.04 Å². The number of carbonyl (C=O) groups excluding carboxylic acids is 2. The van der Waals surface area contributed by atoms with Gasteiger partial charge in [-0.3, -0.25) is 14.6 Å². The van der Waals surface area contributed by atoms with Crippen molar-refractivity contribution in [3.63, 3.8) is 0 Å². The van der Waals surface area contributed by atoms with Crippen LogP contribution >= 0.6 is 0 Å².